The predicted octanol–water partition coefficient (Wildman–Crippen LogP) is 1.44. The molecule has 0 saturated carbocycles. The monoisotopic (exact) mass is 153 g/mol. The number of carbonyl (C=O) groups excluding carboxylic acids is 1. The second-order valence-corrected chi connectivity index (χ2v) is 2.75. The number of hydrogen-bond acceptors (Lipinski definition) is 3. The number of ketones is 1. The highest BCUT2D eigenvalue weighted by Crippen LogP contribution is 2.07. The Labute approximate surface area is 65.4 Å². The third-order valence-corrected chi connectivity index (χ3v) is 1.72. The molecule has 0 spiro atoms. The Balaban J connectivity index is 2.50. The maximum Gasteiger partial charge on any atom is 0.132 e. The molecule has 0 fully saturated rings. The van der Waals surface area contributed by atoms with Crippen molar-refractivity contribution in [3.05, 3.63) is 18.0 Å². The fourth-order valence-corrected chi connectivity index (χ4v) is 0.825. The van der Waals surface area contributed by atoms with Crippen molar-refractivity contribution in [1.82, 2.24) is 5.16 Å². The molecule has 1 aromatic heterocycles. The van der Waals surface area contributed by atoms with E-state index in [2.05, 4.69) is 9.68 Å². The fraction of sp³-hybridized carbons (Fsp3) is 0.500. The van der Waals surface area contributed by atoms with Gasteiger partial charge in [0, 0.05) is 11.5 Å². The van der Waals surface area contributed by atoms with E-state index in [4.69, 9.17) is 0 Å². The Morgan fingerprint density at radius 3 is 3.00 bits per heavy atom. The highest BCUT2D eigenvalue weighted by atomic mass is 16.5. The smallest absolute Gasteiger partial charge is 0.132 e. The molecule has 60 valence electrons. The van der Waals surface area contributed by atoms with Crippen LogP contribution in [0.3, 0.4) is 0 Å². The van der Waals surface area contributed by atoms with Gasteiger partial charge in [-0.1, -0.05) is 12.1 Å². The molecule has 1 rings (SSSR count). The van der Waals surface area contributed by atoms with E-state index in [9.17, 15) is 4.79 Å². The van der Waals surface area contributed by atoms with Crippen molar-refractivity contribution in [2.75, 3.05) is 0 Å². The zero-order chi connectivity index (χ0) is 8.27. The predicted molar refractivity (Wildman–Crippen MR) is 40.1 cm³/mol. The van der Waals surface area contributed by atoms with E-state index in [1.165, 1.54) is 0 Å². The summed E-state index contributed by atoms with van der Waals surface area (Å²) >= 11 is 0. The zero-order valence-electron chi connectivity index (χ0n) is 6.70. The van der Waals surface area contributed by atoms with Gasteiger partial charge in [0.15, 0.2) is 0 Å². The van der Waals surface area contributed by atoms with Crippen LogP contribution in [-0.2, 0) is 11.2 Å². The number of Topliss-reactive ketones (excluding diaryl/α,β-unsaturated/α-hetero) is 1. The molecule has 1 heterocycles. The Kier molecular flexibility index (Phi) is 2.41. The van der Waals surface area contributed by atoms with Crippen molar-refractivity contribution in [3.8, 4) is 0 Å². The van der Waals surface area contributed by atoms with Crippen molar-refractivity contribution >= 4 is 5.78 Å². The SMILES string of the molecule is CC(=O)C(C)Cc1cnoc1. The van der Waals surface area contributed by atoms with E-state index in [0.717, 1.165) is 12.0 Å². The molecule has 3 nitrogen and oxygen atoms in total. The molecule has 1 unspecified atom stereocenters. The largest absolute Gasteiger partial charge is 0.364 e. The van der Waals surface area contributed by atoms with Crippen LogP contribution in [-0.4, -0.2) is 10.9 Å². The van der Waals surface area contributed by atoms with Crippen LogP contribution in [0.15, 0.2) is 17.0 Å². The summed E-state index contributed by atoms with van der Waals surface area (Å²) in [6.45, 7) is 3.49. The normalized spacial score (nSPS) is 12.9. The summed E-state index contributed by atoms with van der Waals surface area (Å²) in [5.74, 6) is 0.264. The molecule has 0 aliphatic heterocycles. The molecule has 0 radical (unpaired) electrons. The first-order chi connectivity index (χ1) is 5.20. The van der Waals surface area contributed by atoms with Crippen molar-refractivity contribution in [2.24, 2.45) is 5.92 Å². The maximum absolute atomic E-state index is 10.8. The number of carbonyl (C=O) groups is 1. The van der Waals surface area contributed by atoms with E-state index in [1.807, 2.05) is 6.92 Å². The van der Waals surface area contributed by atoms with E-state index < -0.39 is 0 Å². The van der Waals surface area contributed by atoms with Gasteiger partial charge >= 0.3 is 0 Å². The van der Waals surface area contributed by atoms with Gasteiger partial charge in [-0.3, -0.25) is 4.79 Å². The Hall–Kier alpha value is -1.12. The number of hydrogen-bond donors (Lipinski definition) is 0. The average molecular weight is 153 g/mol. The molecule has 11 heavy (non-hydrogen) atoms. The molecule has 0 N–H and O–H groups in total. The van der Waals surface area contributed by atoms with Crippen LogP contribution in [0, 0.1) is 5.92 Å². The minimum Gasteiger partial charge on any atom is -0.364 e. The van der Waals surface area contributed by atoms with Crippen LogP contribution in [0.2, 0.25) is 0 Å². The lowest BCUT2D eigenvalue weighted by molar-refractivity contribution is -0.120. The van der Waals surface area contributed by atoms with Crippen LogP contribution < -0.4 is 0 Å². The lowest BCUT2D eigenvalue weighted by atomic mass is 10.0. The first-order valence-electron chi connectivity index (χ1n) is 3.59. The average Bonchev–Trinajstić information content (AvgIpc) is 2.39. The van der Waals surface area contributed by atoms with Gasteiger partial charge in [-0.05, 0) is 13.3 Å². The molecule has 1 atom stereocenters. The molecule has 3 heteroatoms. The standard InChI is InChI=1S/C8H11NO2/c1-6(7(2)10)3-8-4-9-11-5-8/h4-6H,3H2,1-2H3. The quantitative estimate of drug-likeness (QED) is 0.660. The van der Waals surface area contributed by atoms with E-state index in [-0.39, 0.29) is 11.7 Å². The molecule has 0 amide bonds. The summed E-state index contributed by atoms with van der Waals surface area (Å²) in [4.78, 5) is 10.8. The molecule has 0 saturated heterocycles. The molecular weight excluding hydrogens is 142 g/mol. The Morgan fingerprint density at radius 1 is 1.82 bits per heavy atom. The molecule has 0 aliphatic rings. The highest BCUT2D eigenvalue weighted by Gasteiger charge is 2.08. The molecule has 0 aliphatic carbocycles. The van der Waals surface area contributed by atoms with Crippen LogP contribution in [0.5, 0.6) is 0 Å². The van der Waals surface area contributed by atoms with Crippen molar-refractivity contribution < 1.29 is 9.32 Å². The highest BCUT2D eigenvalue weighted by molar-refractivity contribution is 5.78. The lowest BCUT2D eigenvalue weighted by Gasteiger charge is -2.02. The minimum atomic E-state index is 0.0643. The minimum absolute atomic E-state index is 0.0643. The second-order valence-electron chi connectivity index (χ2n) is 2.75. The first kappa shape index (κ1) is 7.98. The van der Waals surface area contributed by atoms with Gasteiger partial charge in [-0.25, -0.2) is 0 Å². The summed E-state index contributed by atoms with van der Waals surface area (Å²) in [5, 5.41) is 3.55. The molecule has 0 bridgehead atoms. The van der Waals surface area contributed by atoms with E-state index in [0.29, 0.717) is 0 Å². The van der Waals surface area contributed by atoms with Crippen LogP contribution in [0.25, 0.3) is 0 Å². The topological polar surface area (TPSA) is 43.1 Å². The van der Waals surface area contributed by atoms with Gasteiger partial charge in [-0.15, -0.1) is 0 Å². The number of rotatable bonds is 3. The summed E-state index contributed by atoms with van der Waals surface area (Å²) in [6.07, 6.45) is 3.93. The number of nitrogens with zero attached hydrogens (tertiary/aromatic N) is 1. The number of aromatic nitrogens is 1. The summed E-state index contributed by atoms with van der Waals surface area (Å²) in [7, 11) is 0. The zero-order valence-corrected chi connectivity index (χ0v) is 6.70. The third-order valence-electron chi connectivity index (χ3n) is 1.72. The van der Waals surface area contributed by atoms with Gasteiger partial charge in [0.05, 0.1) is 6.20 Å². The van der Waals surface area contributed by atoms with Crippen LogP contribution in [0.4, 0.5) is 0 Å². The van der Waals surface area contributed by atoms with Gasteiger partial charge in [0.25, 0.3) is 0 Å². The molecule has 0 aromatic carbocycles. The first-order valence-corrected chi connectivity index (χ1v) is 3.59. The maximum atomic E-state index is 10.8. The van der Waals surface area contributed by atoms with Crippen molar-refractivity contribution in [1.29, 1.82) is 0 Å². The van der Waals surface area contributed by atoms with Crippen LogP contribution in [0.1, 0.15) is 19.4 Å². The van der Waals surface area contributed by atoms with E-state index >= 15 is 0 Å². The molecular formula is C8H11NO2. The van der Waals surface area contributed by atoms with Gasteiger partial charge in [0.1, 0.15) is 12.0 Å². The van der Waals surface area contributed by atoms with Gasteiger partial charge in [0.2, 0.25) is 0 Å². The van der Waals surface area contributed by atoms with Crippen molar-refractivity contribution in [2.45, 2.75) is 20.3 Å². The summed E-state index contributed by atoms with van der Waals surface area (Å²) < 4.78 is 4.63. The lowest BCUT2D eigenvalue weighted by Crippen LogP contribution is -2.08. The van der Waals surface area contributed by atoms with Crippen molar-refractivity contribution in [3.63, 3.8) is 0 Å². The van der Waals surface area contributed by atoms with E-state index in [1.54, 1.807) is 19.4 Å². The third kappa shape index (κ3) is 2.18. The van der Waals surface area contributed by atoms with Gasteiger partial charge in [-0.2, -0.15) is 0 Å². The molecule has 1 aromatic rings. The summed E-state index contributed by atoms with van der Waals surface area (Å²) in [6, 6.07) is 0. The Bertz CT molecular complexity index is 228. The van der Waals surface area contributed by atoms with Crippen LogP contribution >= 0.6 is 0 Å². The summed E-state index contributed by atoms with van der Waals surface area (Å²) in [5.41, 5.74) is 0.979. The fourth-order valence-electron chi connectivity index (χ4n) is 0.825. The van der Waals surface area contributed by atoms with Gasteiger partial charge < -0.3 is 4.52 Å². The Morgan fingerprint density at radius 2 is 2.55 bits per heavy atom. The second kappa shape index (κ2) is 3.32.